The van der Waals surface area contributed by atoms with Gasteiger partial charge in [0.1, 0.15) is 0 Å². The van der Waals surface area contributed by atoms with E-state index < -0.39 is 0 Å². The van der Waals surface area contributed by atoms with Gasteiger partial charge in [-0.3, -0.25) is 0 Å². The Hall–Kier alpha value is -0.820. The highest BCUT2D eigenvalue weighted by molar-refractivity contribution is 5.18. The zero-order valence-corrected chi connectivity index (χ0v) is 7.74. The number of fused-ring (bicyclic) bond motifs is 1. The Balaban J connectivity index is 1.69. The highest BCUT2D eigenvalue weighted by Crippen LogP contribution is 2.45. The van der Waals surface area contributed by atoms with Crippen molar-refractivity contribution in [1.29, 1.82) is 0 Å². The van der Waals surface area contributed by atoms with E-state index in [9.17, 15) is 0 Å². The molecule has 0 spiro atoms. The molecule has 68 valence electrons. The van der Waals surface area contributed by atoms with Crippen molar-refractivity contribution in [1.82, 2.24) is 5.32 Å². The van der Waals surface area contributed by atoms with Crippen LogP contribution in [-0.4, -0.2) is 12.6 Å². The molecule has 1 aliphatic heterocycles. The molecule has 3 atom stereocenters. The SMILES string of the molecule is c1ccc(C[C@@H]2NC[C@@H]3C[C@@H]32)cc1. The monoisotopic (exact) mass is 173 g/mol. The summed E-state index contributed by atoms with van der Waals surface area (Å²) in [5, 5.41) is 3.60. The summed E-state index contributed by atoms with van der Waals surface area (Å²) in [7, 11) is 0. The molecule has 0 amide bonds. The van der Waals surface area contributed by atoms with Gasteiger partial charge in [0.25, 0.3) is 0 Å². The minimum atomic E-state index is 0.771. The van der Waals surface area contributed by atoms with Crippen molar-refractivity contribution in [2.75, 3.05) is 6.54 Å². The largest absolute Gasteiger partial charge is 0.313 e. The summed E-state index contributed by atoms with van der Waals surface area (Å²) >= 11 is 0. The van der Waals surface area contributed by atoms with Crippen molar-refractivity contribution in [2.24, 2.45) is 11.8 Å². The van der Waals surface area contributed by atoms with Crippen molar-refractivity contribution < 1.29 is 0 Å². The van der Waals surface area contributed by atoms with Gasteiger partial charge in [-0.1, -0.05) is 30.3 Å². The molecule has 13 heavy (non-hydrogen) atoms. The zero-order valence-electron chi connectivity index (χ0n) is 7.74. The molecular formula is C12H15N. The third kappa shape index (κ3) is 1.37. The van der Waals surface area contributed by atoms with Crippen LogP contribution in [0.3, 0.4) is 0 Å². The van der Waals surface area contributed by atoms with Gasteiger partial charge >= 0.3 is 0 Å². The average Bonchev–Trinajstić information content (AvgIpc) is 2.86. The van der Waals surface area contributed by atoms with Crippen LogP contribution < -0.4 is 5.32 Å². The van der Waals surface area contributed by atoms with Gasteiger partial charge in [-0.25, -0.2) is 0 Å². The molecule has 0 bridgehead atoms. The predicted octanol–water partition coefficient (Wildman–Crippen LogP) is 1.84. The first kappa shape index (κ1) is 7.57. The topological polar surface area (TPSA) is 12.0 Å². The second kappa shape index (κ2) is 2.85. The first-order valence-corrected chi connectivity index (χ1v) is 5.21. The molecular weight excluding hydrogens is 158 g/mol. The molecule has 1 heterocycles. The van der Waals surface area contributed by atoms with Gasteiger partial charge in [0, 0.05) is 6.04 Å². The maximum Gasteiger partial charge on any atom is 0.0139 e. The fourth-order valence-electron chi connectivity index (χ4n) is 2.54. The smallest absolute Gasteiger partial charge is 0.0139 e. The fraction of sp³-hybridized carbons (Fsp3) is 0.500. The molecule has 0 radical (unpaired) electrons. The Bertz CT molecular complexity index is 293. The van der Waals surface area contributed by atoms with Crippen LogP contribution in [0.15, 0.2) is 30.3 Å². The second-order valence-electron chi connectivity index (χ2n) is 4.36. The van der Waals surface area contributed by atoms with Crippen molar-refractivity contribution in [2.45, 2.75) is 18.9 Å². The maximum absolute atomic E-state index is 3.60. The van der Waals surface area contributed by atoms with Gasteiger partial charge in [-0.15, -0.1) is 0 Å². The molecule has 1 heteroatoms. The van der Waals surface area contributed by atoms with Crippen LogP contribution in [0, 0.1) is 11.8 Å². The summed E-state index contributed by atoms with van der Waals surface area (Å²) < 4.78 is 0. The lowest BCUT2D eigenvalue weighted by Gasteiger charge is -2.12. The summed E-state index contributed by atoms with van der Waals surface area (Å²) in [6.07, 6.45) is 2.70. The van der Waals surface area contributed by atoms with Gasteiger partial charge in [0.05, 0.1) is 0 Å². The third-order valence-electron chi connectivity index (χ3n) is 3.43. The lowest BCUT2D eigenvalue weighted by atomic mass is 10.0. The standard InChI is InChI=1S/C12H15N/c1-2-4-9(5-3-1)6-12-11-7-10(11)8-13-12/h1-5,10-13H,6-8H2/t10-,11-,12-/m0/s1. The molecule has 1 N–H and O–H groups in total. The van der Waals surface area contributed by atoms with Crippen molar-refractivity contribution >= 4 is 0 Å². The molecule has 2 aliphatic rings. The van der Waals surface area contributed by atoms with Crippen LogP contribution in [0.25, 0.3) is 0 Å². The maximum atomic E-state index is 3.60. The molecule has 3 rings (SSSR count). The van der Waals surface area contributed by atoms with Gasteiger partial charge in [-0.2, -0.15) is 0 Å². The lowest BCUT2D eigenvalue weighted by molar-refractivity contribution is 0.531. The van der Waals surface area contributed by atoms with E-state index in [1.165, 1.54) is 24.9 Å². The fourth-order valence-corrected chi connectivity index (χ4v) is 2.54. The molecule has 1 nitrogen and oxygen atoms in total. The quantitative estimate of drug-likeness (QED) is 0.719. The van der Waals surface area contributed by atoms with E-state index in [1.807, 2.05) is 0 Å². The lowest BCUT2D eigenvalue weighted by Crippen LogP contribution is -2.28. The Morgan fingerprint density at radius 1 is 1.23 bits per heavy atom. The Morgan fingerprint density at radius 3 is 2.69 bits per heavy atom. The van der Waals surface area contributed by atoms with E-state index in [4.69, 9.17) is 0 Å². The third-order valence-corrected chi connectivity index (χ3v) is 3.43. The number of nitrogens with one attached hydrogen (secondary N) is 1. The van der Waals surface area contributed by atoms with Gasteiger partial charge in [-0.05, 0) is 36.8 Å². The van der Waals surface area contributed by atoms with Crippen molar-refractivity contribution in [3.63, 3.8) is 0 Å². The molecule has 1 saturated carbocycles. The predicted molar refractivity (Wildman–Crippen MR) is 53.5 cm³/mol. The highest BCUT2D eigenvalue weighted by atomic mass is 15.0. The molecule has 1 aliphatic carbocycles. The first-order valence-electron chi connectivity index (χ1n) is 5.21. The summed E-state index contributed by atoms with van der Waals surface area (Å²) in [5.74, 6) is 2.02. The second-order valence-corrected chi connectivity index (χ2v) is 4.36. The zero-order chi connectivity index (χ0) is 8.67. The van der Waals surface area contributed by atoms with Crippen LogP contribution in [-0.2, 0) is 6.42 Å². The molecule has 1 aromatic rings. The Labute approximate surface area is 79.2 Å². The van der Waals surface area contributed by atoms with Gasteiger partial charge < -0.3 is 5.32 Å². The van der Waals surface area contributed by atoms with E-state index in [1.54, 1.807) is 0 Å². The summed E-state index contributed by atoms with van der Waals surface area (Å²) in [5.41, 5.74) is 1.48. The van der Waals surface area contributed by atoms with E-state index in [0.717, 1.165) is 17.9 Å². The van der Waals surface area contributed by atoms with E-state index >= 15 is 0 Å². The van der Waals surface area contributed by atoms with Gasteiger partial charge in [0.15, 0.2) is 0 Å². The van der Waals surface area contributed by atoms with E-state index in [-0.39, 0.29) is 0 Å². The molecule has 2 fully saturated rings. The van der Waals surface area contributed by atoms with E-state index in [2.05, 4.69) is 35.6 Å². The summed E-state index contributed by atoms with van der Waals surface area (Å²) in [6, 6.07) is 11.6. The van der Waals surface area contributed by atoms with Crippen molar-refractivity contribution in [3.8, 4) is 0 Å². The van der Waals surface area contributed by atoms with Crippen LogP contribution in [0.4, 0.5) is 0 Å². The van der Waals surface area contributed by atoms with Crippen LogP contribution >= 0.6 is 0 Å². The Kier molecular flexibility index (Phi) is 1.66. The van der Waals surface area contributed by atoms with Gasteiger partial charge in [0.2, 0.25) is 0 Å². The summed E-state index contributed by atoms with van der Waals surface area (Å²) in [6.45, 7) is 1.27. The minimum absolute atomic E-state index is 0.771. The molecule has 1 aromatic carbocycles. The number of hydrogen-bond acceptors (Lipinski definition) is 1. The number of piperidine rings is 1. The number of rotatable bonds is 2. The van der Waals surface area contributed by atoms with Crippen LogP contribution in [0.1, 0.15) is 12.0 Å². The summed E-state index contributed by atoms with van der Waals surface area (Å²) in [4.78, 5) is 0. The first-order chi connectivity index (χ1) is 6.43. The average molecular weight is 173 g/mol. The Morgan fingerprint density at radius 2 is 2.08 bits per heavy atom. The van der Waals surface area contributed by atoms with Crippen molar-refractivity contribution in [3.05, 3.63) is 35.9 Å². The van der Waals surface area contributed by atoms with Crippen LogP contribution in [0.5, 0.6) is 0 Å². The number of benzene rings is 1. The normalized spacial score (nSPS) is 35.8. The molecule has 0 unspecified atom stereocenters. The molecule has 1 saturated heterocycles. The number of hydrogen-bond donors (Lipinski definition) is 1. The van der Waals surface area contributed by atoms with E-state index in [0.29, 0.717) is 0 Å². The van der Waals surface area contributed by atoms with Crippen LogP contribution in [0.2, 0.25) is 0 Å². The highest BCUT2D eigenvalue weighted by Gasteiger charge is 2.47. The minimum Gasteiger partial charge on any atom is -0.313 e. The molecule has 0 aromatic heterocycles.